The predicted octanol–water partition coefficient (Wildman–Crippen LogP) is 5.78. The van der Waals surface area contributed by atoms with Crippen LogP contribution in [0.4, 0.5) is 0 Å². The summed E-state index contributed by atoms with van der Waals surface area (Å²) in [6.07, 6.45) is 1.61. The summed E-state index contributed by atoms with van der Waals surface area (Å²) in [7, 11) is 1.67. The third-order valence-electron chi connectivity index (χ3n) is 5.34. The van der Waals surface area contributed by atoms with Gasteiger partial charge in [-0.15, -0.1) is 11.6 Å². The second kappa shape index (κ2) is 8.62. The van der Waals surface area contributed by atoms with Crippen LogP contribution in [0.3, 0.4) is 0 Å². The molecule has 29 heavy (non-hydrogen) atoms. The van der Waals surface area contributed by atoms with Crippen LogP contribution in [0.1, 0.15) is 22.3 Å². The number of aromatic nitrogens is 1. The molecule has 0 unspecified atom stereocenters. The third-order valence-corrected chi connectivity index (χ3v) is 5.53. The maximum Gasteiger partial charge on any atom is 0.194 e. The van der Waals surface area contributed by atoms with Gasteiger partial charge in [-0.2, -0.15) is 0 Å². The zero-order chi connectivity index (χ0) is 20.2. The summed E-state index contributed by atoms with van der Waals surface area (Å²) in [6, 6.07) is 24.6. The highest BCUT2D eigenvalue weighted by molar-refractivity contribution is 6.18. The lowest BCUT2D eigenvalue weighted by Crippen LogP contribution is -2.06. The van der Waals surface area contributed by atoms with Crippen LogP contribution in [0.5, 0.6) is 11.6 Å². The van der Waals surface area contributed by atoms with Crippen molar-refractivity contribution >= 4 is 22.5 Å². The smallest absolute Gasteiger partial charge is 0.194 e. The van der Waals surface area contributed by atoms with Crippen molar-refractivity contribution in [3.05, 3.63) is 95.1 Å². The Bertz CT molecular complexity index is 1120. The molecule has 4 heteroatoms. The van der Waals surface area contributed by atoms with Crippen LogP contribution >= 0.6 is 11.6 Å². The molecule has 0 atom stereocenters. The monoisotopic (exact) mass is 405 g/mol. The van der Waals surface area contributed by atoms with E-state index in [2.05, 4.69) is 53.1 Å². The number of aryl methyl sites for hydroxylation is 1. The fraction of sp³-hybridized carbons (Fsp3) is 0.200. The lowest BCUT2D eigenvalue weighted by molar-refractivity contribution is 0.380. The molecular weight excluding hydrogens is 382 g/mol. The molecule has 0 amide bonds. The Labute approximate surface area is 176 Å². The second-order valence-electron chi connectivity index (χ2n) is 7.15. The molecular formula is C25H24ClNO2. The molecule has 0 fully saturated rings. The topological polar surface area (TPSA) is 34.4 Å². The van der Waals surface area contributed by atoms with Crippen LogP contribution in [0.15, 0.2) is 72.8 Å². The number of phenolic OH excluding ortho intramolecular Hbond substituents is 1. The Kier molecular flexibility index (Phi) is 5.77. The van der Waals surface area contributed by atoms with Gasteiger partial charge in [0.15, 0.2) is 5.88 Å². The number of alkyl halides is 1. The maximum absolute atomic E-state index is 10.4. The number of halogens is 1. The number of methoxy groups -OCH3 is 1. The van der Waals surface area contributed by atoms with Crippen molar-refractivity contribution in [3.8, 4) is 11.6 Å². The van der Waals surface area contributed by atoms with E-state index in [9.17, 15) is 5.11 Å². The molecule has 4 rings (SSSR count). The highest BCUT2D eigenvalue weighted by atomic mass is 35.5. The number of rotatable bonds is 7. The summed E-state index contributed by atoms with van der Waals surface area (Å²) in [4.78, 5) is 0. The van der Waals surface area contributed by atoms with Crippen molar-refractivity contribution in [3.63, 3.8) is 0 Å². The van der Waals surface area contributed by atoms with E-state index >= 15 is 0 Å². The van der Waals surface area contributed by atoms with Gasteiger partial charge in [-0.25, -0.2) is 0 Å². The summed E-state index contributed by atoms with van der Waals surface area (Å²) < 4.78 is 7.81. The van der Waals surface area contributed by atoms with Crippen LogP contribution in [0.2, 0.25) is 0 Å². The summed E-state index contributed by atoms with van der Waals surface area (Å²) in [6.45, 7) is 0.661. The lowest BCUT2D eigenvalue weighted by atomic mass is 9.99. The van der Waals surface area contributed by atoms with Gasteiger partial charge in [0.2, 0.25) is 0 Å². The Morgan fingerprint density at radius 2 is 1.62 bits per heavy atom. The van der Waals surface area contributed by atoms with Gasteiger partial charge in [-0.05, 0) is 41.2 Å². The first kappa shape index (κ1) is 19.4. The minimum absolute atomic E-state index is 0.257. The fourth-order valence-corrected chi connectivity index (χ4v) is 4.12. The van der Waals surface area contributed by atoms with E-state index in [1.807, 2.05) is 18.2 Å². The van der Waals surface area contributed by atoms with Gasteiger partial charge >= 0.3 is 0 Å². The van der Waals surface area contributed by atoms with Crippen LogP contribution in [-0.4, -0.2) is 22.7 Å². The average Bonchev–Trinajstić information content (AvgIpc) is 3.12. The normalized spacial score (nSPS) is 11.1. The molecule has 148 valence electrons. The minimum atomic E-state index is 0.257. The number of hydrogen-bond donors (Lipinski definition) is 1. The molecule has 0 saturated heterocycles. The number of phenols is 1. The zero-order valence-electron chi connectivity index (χ0n) is 16.4. The molecule has 0 aliphatic carbocycles. The fourth-order valence-electron chi connectivity index (χ4n) is 3.92. The van der Waals surface area contributed by atoms with Crippen molar-refractivity contribution in [2.45, 2.75) is 19.4 Å². The molecule has 1 heterocycles. The lowest BCUT2D eigenvalue weighted by Gasteiger charge is -2.15. The molecule has 0 bridgehead atoms. The Balaban J connectivity index is 1.80. The largest absolute Gasteiger partial charge is 0.507 e. The molecule has 4 aromatic rings. The summed E-state index contributed by atoms with van der Waals surface area (Å²) in [5.41, 5.74) is 5.88. The zero-order valence-corrected chi connectivity index (χ0v) is 17.2. The number of ether oxygens (including phenoxy) is 1. The van der Waals surface area contributed by atoms with E-state index in [1.165, 1.54) is 16.7 Å². The number of benzene rings is 3. The number of aromatic hydroxyl groups is 1. The first-order valence-electron chi connectivity index (χ1n) is 9.76. The molecule has 0 radical (unpaired) electrons. The van der Waals surface area contributed by atoms with Crippen LogP contribution < -0.4 is 4.74 Å². The Morgan fingerprint density at radius 1 is 0.897 bits per heavy atom. The predicted molar refractivity (Wildman–Crippen MR) is 119 cm³/mol. The van der Waals surface area contributed by atoms with Crippen molar-refractivity contribution < 1.29 is 9.84 Å². The number of fused-ring (bicyclic) bond motifs is 1. The molecule has 0 aliphatic heterocycles. The molecule has 0 aliphatic rings. The van der Waals surface area contributed by atoms with Crippen LogP contribution in [0, 0.1) is 0 Å². The van der Waals surface area contributed by atoms with Gasteiger partial charge in [0.25, 0.3) is 0 Å². The second-order valence-corrected chi connectivity index (χ2v) is 7.53. The Hall–Kier alpha value is -2.91. The van der Waals surface area contributed by atoms with Gasteiger partial charge in [0.05, 0.1) is 19.2 Å². The van der Waals surface area contributed by atoms with Gasteiger partial charge < -0.3 is 14.4 Å². The molecule has 0 saturated carbocycles. The molecule has 3 aromatic carbocycles. The highest BCUT2D eigenvalue weighted by Gasteiger charge is 2.17. The van der Waals surface area contributed by atoms with Gasteiger partial charge in [-0.1, -0.05) is 60.7 Å². The number of nitrogens with zero attached hydrogens (tertiary/aromatic N) is 1. The summed E-state index contributed by atoms with van der Waals surface area (Å²) in [5, 5.41) is 11.2. The van der Waals surface area contributed by atoms with Gasteiger partial charge in [0, 0.05) is 17.3 Å². The highest BCUT2D eigenvalue weighted by Crippen LogP contribution is 2.35. The number of hydrogen-bond acceptors (Lipinski definition) is 2. The minimum Gasteiger partial charge on any atom is -0.507 e. The van der Waals surface area contributed by atoms with E-state index < -0.39 is 0 Å². The third kappa shape index (κ3) is 3.96. The SMILES string of the molecule is COc1cc2c(O)ccc(CCCl)c2n1Cc1ccccc1Cc1ccccc1. The first-order chi connectivity index (χ1) is 14.2. The van der Waals surface area contributed by atoms with Crippen molar-refractivity contribution in [2.24, 2.45) is 0 Å². The van der Waals surface area contributed by atoms with E-state index in [0.29, 0.717) is 12.4 Å². The summed E-state index contributed by atoms with van der Waals surface area (Å²) >= 11 is 6.04. The van der Waals surface area contributed by atoms with Crippen LogP contribution in [0.25, 0.3) is 10.9 Å². The maximum atomic E-state index is 10.4. The van der Waals surface area contributed by atoms with Crippen molar-refractivity contribution in [1.29, 1.82) is 0 Å². The van der Waals surface area contributed by atoms with E-state index in [4.69, 9.17) is 16.3 Å². The molecule has 3 nitrogen and oxygen atoms in total. The molecule has 1 N–H and O–H groups in total. The van der Waals surface area contributed by atoms with E-state index in [1.54, 1.807) is 13.2 Å². The van der Waals surface area contributed by atoms with Gasteiger partial charge in [-0.3, -0.25) is 0 Å². The quantitative estimate of drug-likeness (QED) is 0.396. The molecule has 1 aromatic heterocycles. The van der Waals surface area contributed by atoms with Crippen molar-refractivity contribution in [1.82, 2.24) is 4.57 Å². The molecule has 0 spiro atoms. The first-order valence-corrected chi connectivity index (χ1v) is 10.3. The Morgan fingerprint density at radius 3 is 2.34 bits per heavy atom. The average molecular weight is 406 g/mol. The van der Waals surface area contributed by atoms with Crippen molar-refractivity contribution in [2.75, 3.05) is 13.0 Å². The summed E-state index contributed by atoms with van der Waals surface area (Å²) in [5.74, 6) is 1.51. The van der Waals surface area contributed by atoms with Gasteiger partial charge in [0.1, 0.15) is 5.75 Å². The standard InChI is InChI=1S/C25H24ClNO2/c1-29-24-16-22-23(28)12-11-19(13-14-26)25(22)27(24)17-21-10-6-5-9-20(21)15-18-7-3-2-4-8-18/h2-12,16,28H,13-15,17H2,1H3. The van der Waals surface area contributed by atoms with Crippen LogP contribution in [-0.2, 0) is 19.4 Å². The van der Waals surface area contributed by atoms with E-state index in [-0.39, 0.29) is 5.75 Å². The van der Waals surface area contributed by atoms with E-state index in [0.717, 1.165) is 35.2 Å².